The van der Waals surface area contributed by atoms with E-state index in [0.29, 0.717) is 17.5 Å². The lowest BCUT2D eigenvalue weighted by Crippen LogP contribution is -2.00. The third-order valence-corrected chi connectivity index (χ3v) is 10.7. The summed E-state index contributed by atoms with van der Waals surface area (Å²) in [5.74, 6) is 1.80. The van der Waals surface area contributed by atoms with Gasteiger partial charge in [0.05, 0.1) is 16.6 Å². The number of benzene rings is 8. The van der Waals surface area contributed by atoms with Crippen molar-refractivity contribution in [2.24, 2.45) is 0 Å². The van der Waals surface area contributed by atoms with Gasteiger partial charge in [-0.15, -0.1) is 0 Å². The Bertz CT molecular complexity index is 3180. The van der Waals surface area contributed by atoms with Gasteiger partial charge in [0.2, 0.25) is 0 Å². The fraction of sp³-hybridized carbons (Fsp3) is 0. The first-order valence-corrected chi connectivity index (χ1v) is 18.8. The first kappa shape index (κ1) is 31.9. The van der Waals surface area contributed by atoms with Crippen molar-refractivity contribution in [1.82, 2.24) is 19.5 Å². The van der Waals surface area contributed by atoms with Crippen molar-refractivity contribution in [3.63, 3.8) is 0 Å². The third-order valence-electron chi connectivity index (χ3n) is 10.7. The fourth-order valence-corrected chi connectivity index (χ4v) is 8.05. The second-order valence-corrected chi connectivity index (χ2v) is 14.0. The number of fused-ring (bicyclic) bond motifs is 6. The number of hydrogen-bond acceptors (Lipinski definition) is 4. The molecule has 5 heteroatoms. The molecule has 5 nitrogen and oxygen atoms in total. The smallest absolute Gasteiger partial charge is 0.167 e. The molecule has 0 aliphatic heterocycles. The standard InChI is InChI=1S/C51H32N4O/c1-4-15-33(16-5-1)49-52-50(34-17-6-2-7-18-34)54-51(53-49)43-25-14-24-42-41-29-27-36(32-47(41)56-48(42)43)39-22-11-10-21-38(39)35-28-30-46-44(31-35)40-23-12-13-26-45(40)55(46)37-19-8-3-9-20-37/h1-32H. The van der Waals surface area contributed by atoms with E-state index >= 15 is 0 Å². The van der Waals surface area contributed by atoms with Gasteiger partial charge in [-0.2, -0.15) is 0 Å². The van der Waals surface area contributed by atoms with Crippen LogP contribution in [0.1, 0.15) is 0 Å². The number of furan rings is 1. The number of hydrogen-bond donors (Lipinski definition) is 0. The lowest BCUT2D eigenvalue weighted by Gasteiger charge is -2.11. The van der Waals surface area contributed by atoms with Crippen LogP contribution in [0.3, 0.4) is 0 Å². The molecule has 11 rings (SSSR count). The lowest BCUT2D eigenvalue weighted by atomic mass is 9.93. The number of para-hydroxylation sites is 3. The van der Waals surface area contributed by atoms with Gasteiger partial charge >= 0.3 is 0 Å². The Labute approximate surface area is 322 Å². The highest BCUT2D eigenvalue weighted by atomic mass is 16.3. The van der Waals surface area contributed by atoms with E-state index in [0.717, 1.165) is 66.6 Å². The van der Waals surface area contributed by atoms with Gasteiger partial charge < -0.3 is 8.98 Å². The summed E-state index contributed by atoms with van der Waals surface area (Å²) in [5, 5.41) is 4.51. The van der Waals surface area contributed by atoms with Crippen LogP contribution in [0.5, 0.6) is 0 Å². The Kier molecular flexibility index (Phi) is 7.42. The van der Waals surface area contributed by atoms with Crippen LogP contribution in [0, 0.1) is 0 Å². The highest BCUT2D eigenvalue weighted by Crippen LogP contribution is 2.41. The van der Waals surface area contributed by atoms with Crippen molar-refractivity contribution < 1.29 is 4.42 Å². The molecule has 0 saturated heterocycles. The van der Waals surface area contributed by atoms with E-state index in [1.165, 1.54) is 21.8 Å². The van der Waals surface area contributed by atoms with Crippen molar-refractivity contribution in [2.75, 3.05) is 0 Å². The summed E-state index contributed by atoms with van der Waals surface area (Å²) >= 11 is 0. The molecule has 11 aromatic rings. The minimum Gasteiger partial charge on any atom is -0.455 e. The van der Waals surface area contributed by atoms with Crippen molar-refractivity contribution in [3.05, 3.63) is 194 Å². The molecule has 0 spiro atoms. The Hall–Kier alpha value is -7.63. The van der Waals surface area contributed by atoms with E-state index in [4.69, 9.17) is 19.4 Å². The Morgan fingerprint density at radius 1 is 0.339 bits per heavy atom. The molecule has 0 bridgehead atoms. The zero-order chi connectivity index (χ0) is 37.0. The SMILES string of the molecule is c1ccc(-c2nc(-c3ccccc3)nc(-c3cccc4c3oc3cc(-c5ccccc5-c5ccc6c(c5)c5ccccc5n6-c5ccccc5)ccc34)n2)cc1. The summed E-state index contributed by atoms with van der Waals surface area (Å²) in [7, 11) is 0. The van der Waals surface area contributed by atoms with E-state index in [1.54, 1.807) is 0 Å². The van der Waals surface area contributed by atoms with Gasteiger partial charge in [-0.05, 0) is 70.8 Å². The average Bonchev–Trinajstić information content (AvgIpc) is 3.82. The maximum atomic E-state index is 6.78. The highest BCUT2D eigenvalue weighted by Gasteiger charge is 2.19. The van der Waals surface area contributed by atoms with Gasteiger partial charge in [-0.3, -0.25) is 0 Å². The maximum absolute atomic E-state index is 6.78. The summed E-state index contributed by atoms with van der Waals surface area (Å²) in [6, 6.07) is 67.5. The zero-order valence-electron chi connectivity index (χ0n) is 30.2. The molecule has 56 heavy (non-hydrogen) atoms. The Morgan fingerprint density at radius 3 is 1.59 bits per heavy atom. The van der Waals surface area contributed by atoms with Crippen LogP contribution in [0.2, 0.25) is 0 Å². The van der Waals surface area contributed by atoms with Gasteiger partial charge in [0.1, 0.15) is 11.2 Å². The van der Waals surface area contributed by atoms with Gasteiger partial charge in [0.25, 0.3) is 0 Å². The summed E-state index contributed by atoms with van der Waals surface area (Å²) < 4.78 is 9.14. The largest absolute Gasteiger partial charge is 0.455 e. The van der Waals surface area contributed by atoms with Crippen LogP contribution in [-0.2, 0) is 0 Å². The molecule has 0 amide bonds. The highest BCUT2D eigenvalue weighted by molar-refractivity contribution is 6.12. The monoisotopic (exact) mass is 716 g/mol. The van der Waals surface area contributed by atoms with E-state index in [9.17, 15) is 0 Å². The zero-order valence-corrected chi connectivity index (χ0v) is 30.2. The second kappa shape index (κ2) is 13.0. The number of rotatable bonds is 6. The van der Waals surface area contributed by atoms with Gasteiger partial charge in [-0.1, -0.05) is 146 Å². The normalized spacial score (nSPS) is 11.6. The molecule has 3 aromatic heterocycles. The molecule has 262 valence electrons. The average molecular weight is 717 g/mol. The quantitative estimate of drug-likeness (QED) is 0.172. The van der Waals surface area contributed by atoms with Gasteiger partial charge in [0, 0.05) is 38.4 Å². The Balaban J connectivity index is 1.04. The van der Waals surface area contributed by atoms with Crippen LogP contribution >= 0.6 is 0 Å². The predicted octanol–water partition coefficient (Wildman–Crippen LogP) is 13.2. The van der Waals surface area contributed by atoms with Gasteiger partial charge in [0.15, 0.2) is 17.5 Å². The molecule has 0 saturated carbocycles. The Morgan fingerprint density at radius 2 is 0.875 bits per heavy atom. The molecule has 0 unspecified atom stereocenters. The lowest BCUT2D eigenvalue weighted by molar-refractivity contribution is 0.669. The van der Waals surface area contributed by atoms with Crippen LogP contribution in [0.25, 0.3) is 106 Å². The van der Waals surface area contributed by atoms with Crippen molar-refractivity contribution in [2.45, 2.75) is 0 Å². The first-order valence-electron chi connectivity index (χ1n) is 18.8. The van der Waals surface area contributed by atoms with Gasteiger partial charge in [-0.25, -0.2) is 15.0 Å². The molecule has 0 aliphatic carbocycles. The molecule has 0 aliphatic rings. The van der Waals surface area contributed by atoms with E-state index in [1.807, 2.05) is 66.7 Å². The minimum absolute atomic E-state index is 0.567. The topological polar surface area (TPSA) is 56.7 Å². The predicted molar refractivity (Wildman–Crippen MR) is 229 cm³/mol. The first-order chi connectivity index (χ1) is 27.8. The maximum Gasteiger partial charge on any atom is 0.167 e. The summed E-state index contributed by atoms with van der Waals surface area (Å²) in [6.45, 7) is 0. The van der Waals surface area contributed by atoms with E-state index < -0.39 is 0 Å². The third kappa shape index (κ3) is 5.29. The molecule has 3 heterocycles. The molecule has 0 radical (unpaired) electrons. The van der Waals surface area contributed by atoms with Crippen molar-refractivity contribution >= 4 is 43.7 Å². The van der Waals surface area contributed by atoms with Crippen LogP contribution in [0.4, 0.5) is 0 Å². The fourth-order valence-electron chi connectivity index (χ4n) is 8.05. The van der Waals surface area contributed by atoms with Crippen LogP contribution in [0.15, 0.2) is 199 Å². The second-order valence-electron chi connectivity index (χ2n) is 14.0. The summed E-state index contributed by atoms with van der Waals surface area (Å²) in [6.07, 6.45) is 0. The number of aromatic nitrogens is 4. The number of nitrogens with zero attached hydrogens (tertiary/aromatic N) is 4. The molecular weight excluding hydrogens is 685 g/mol. The molecule has 0 atom stereocenters. The molecular formula is C51H32N4O. The van der Waals surface area contributed by atoms with E-state index in [-0.39, 0.29) is 0 Å². The minimum atomic E-state index is 0.567. The van der Waals surface area contributed by atoms with Crippen molar-refractivity contribution in [1.29, 1.82) is 0 Å². The van der Waals surface area contributed by atoms with Crippen LogP contribution < -0.4 is 0 Å². The molecule has 0 N–H and O–H groups in total. The summed E-state index contributed by atoms with van der Waals surface area (Å²) in [5.41, 5.74) is 12.3. The van der Waals surface area contributed by atoms with E-state index in [2.05, 4.69) is 132 Å². The molecule has 8 aromatic carbocycles. The van der Waals surface area contributed by atoms with Crippen molar-refractivity contribution in [3.8, 4) is 62.1 Å². The van der Waals surface area contributed by atoms with Crippen LogP contribution in [-0.4, -0.2) is 19.5 Å². The summed E-state index contributed by atoms with van der Waals surface area (Å²) in [4.78, 5) is 14.9. The molecule has 0 fully saturated rings.